The van der Waals surface area contributed by atoms with Gasteiger partial charge in [-0.2, -0.15) is 0 Å². The van der Waals surface area contributed by atoms with Crippen LogP contribution in [0.1, 0.15) is 38.5 Å². The number of carboxylic acids is 2. The molecule has 0 rings (SSSR count). The lowest BCUT2D eigenvalue weighted by atomic mass is 10.3. The number of carbonyl (C=O) groups excluding carboxylic acids is 2. The minimum Gasteiger partial charge on any atom is -0.481 e. The Morgan fingerprint density at radius 3 is 0.947 bits per heavy atom. The molecular weight excluding hydrogens is 508 g/mol. The molecule has 0 radical (unpaired) electrons. The molecule has 2 amide bonds. The zero-order valence-electron chi connectivity index (χ0n) is 22.1. The summed E-state index contributed by atoms with van der Waals surface area (Å²) in [4.78, 5) is 43.4. The Hall–Kier alpha value is -2.36. The van der Waals surface area contributed by atoms with Crippen molar-refractivity contribution in [2.75, 3.05) is 92.4 Å². The zero-order chi connectivity index (χ0) is 28.1. The average Bonchev–Trinajstić information content (AvgIpc) is 2.88. The van der Waals surface area contributed by atoms with Gasteiger partial charge in [-0.25, -0.2) is 0 Å². The van der Waals surface area contributed by atoms with E-state index in [1.807, 2.05) is 0 Å². The van der Waals surface area contributed by atoms with Crippen LogP contribution in [0.25, 0.3) is 0 Å². The van der Waals surface area contributed by atoms with Gasteiger partial charge in [-0.15, -0.1) is 0 Å². The van der Waals surface area contributed by atoms with Gasteiger partial charge in [0.05, 0.1) is 78.9 Å². The van der Waals surface area contributed by atoms with Crippen LogP contribution in [-0.4, -0.2) is 126 Å². The number of nitrogens with one attached hydrogen (secondary N) is 2. The Labute approximate surface area is 223 Å². The number of ether oxygens (including phenoxy) is 6. The molecular formula is C24H44N2O12. The summed E-state index contributed by atoms with van der Waals surface area (Å²) in [6, 6.07) is 0. The Morgan fingerprint density at radius 2 is 0.684 bits per heavy atom. The molecule has 0 aromatic rings. The average molecular weight is 553 g/mol. The first-order chi connectivity index (χ1) is 18.4. The maximum atomic E-state index is 11.3. The van der Waals surface area contributed by atoms with Gasteiger partial charge in [0, 0.05) is 39.1 Å². The van der Waals surface area contributed by atoms with Crippen molar-refractivity contribution in [3.63, 3.8) is 0 Å². The van der Waals surface area contributed by atoms with Crippen molar-refractivity contribution in [2.24, 2.45) is 0 Å². The van der Waals surface area contributed by atoms with Crippen molar-refractivity contribution in [3.05, 3.63) is 0 Å². The van der Waals surface area contributed by atoms with Gasteiger partial charge in [-0.3, -0.25) is 19.2 Å². The Bertz CT molecular complexity index is 569. The third kappa shape index (κ3) is 29.9. The van der Waals surface area contributed by atoms with Crippen LogP contribution in [0.3, 0.4) is 0 Å². The van der Waals surface area contributed by atoms with Crippen molar-refractivity contribution in [2.45, 2.75) is 38.5 Å². The topological polar surface area (TPSA) is 188 Å². The molecule has 4 N–H and O–H groups in total. The van der Waals surface area contributed by atoms with Crippen LogP contribution >= 0.6 is 0 Å². The number of aliphatic carboxylic acids is 2. The van der Waals surface area contributed by atoms with Crippen molar-refractivity contribution in [3.8, 4) is 0 Å². The summed E-state index contributed by atoms with van der Waals surface area (Å²) in [5, 5.41) is 22.3. The molecule has 0 atom stereocenters. The van der Waals surface area contributed by atoms with Gasteiger partial charge in [0.15, 0.2) is 0 Å². The van der Waals surface area contributed by atoms with E-state index in [1.54, 1.807) is 0 Å². The lowest BCUT2D eigenvalue weighted by molar-refractivity contribution is -0.139. The second kappa shape index (κ2) is 27.7. The predicted molar refractivity (Wildman–Crippen MR) is 134 cm³/mol. The number of hydrogen-bond acceptors (Lipinski definition) is 10. The molecule has 38 heavy (non-hydrogen) atoms. The Kier molecular flexibility index (Phi) is 26.0. The standard InChI is InChI=1S/C24H44N2O12/c27-21(3-5-23(29)30)25-7-1-9-33-11-13-35-15-17-37-19-20-38-18-16-36-14-12-34-10-2-8-26-22(28)4-6-24(31)32/h1-20H2,(H,25,27)(H,26,28)(H,29,30)(H,31,32). The summed E-state index contributed by atoms with van der Waals surface area (Å²) in [5.41, 5.74) is 0. The monoisotopic (exact) mass is 552 g/mol. The van der Waals surface area contributed by atoms with Gasteiger partial charge in [0.2, 0.25) is 11.8 Å². The van der Waals surface area contributed by atoms with E-state index in [9.17, 15) is 19.2 Å². The van der Waals surface area contributed by atoms with Crippen molar-refractivity contribution in [1.29, 1.82) is 0 Å². The van der Waals surface area contributed by atoms with Gasteiger partial charge >= 0.3 is 11.9 Å². The second-order valence-corrected chi connectivity index (χ2v) is 7.87. The van der Waals surface area contributed by atoms with Gasteiger partial charge in [-0.1, -0.05) is 0 Å². The lowest BCUT2D eigenvalue weighted by Crippen LogP contribution is -2.25. The number of carboxylic acid groups (broad SMARTS) is 2. The normalized spacial score (nSPS) is 10.8. The SMILES string of the molecule is O=C(O)CCC(=O)NCCCOCCOCCOCCOCCOCCOCCCNC(=O)CCC(=O)O. The molecule has 222 valence electrons. The molecule has 0 fully saturated rings. The van der Waals surface area contributed by atoms with Crippen LogP contribution in [0, 0.1) is 0 Å². The maximum absolute atomic E-state index is 11.3. The summed E-state index contributed by atoms with van der Waals surface area (Å²) < 4.78 is 32.3. The molecule has 0 saturated heterocycles. The first-order valence-corrected chi connectivity index (χ1v) is 12.8. The first kappa shape index (κ1) is 35.6. The molecule has 0 aliphatic rings. The Morgan fingerprint density at radius 1 is 0.421 bits per heavy atom. The number of amides is 2. The highest BCUT2D eigenvalue weighted by Crippen LogP contribution is 1.91. The summed E-state index contributed by atoms with van der Waals surface area (Å²) in [6.45, 7) is 6.31. The minimum atomic E-state index is -0.989. The van der Waals surface area contributed by atoms with E-state index in [0.29, 0.717) is 105 Å². The largest absolute Gasteiger partial charge is 0.481 e. The molecule has 0 aliphatic carbocycles. The fourth-order valence-electron chi connectivity index (χ4n) is 2.62. The molecule has 0 aromatic carbocycles. The summed E-state index contributed by atoms with van der Waals surface area (Å²) in [5.74, 6) is -2.53. The number of rotatable bonds is 29. The van der Waals surface area contributed by atoms with E-state index in [4.69, 9.17) is 38.6 Å². The predicted octanol–water partition coefficient (Wildman–Crippen LogP) is -0.172. The molecule has 0 aromatic heterocycles. The minimum absolute atomic E-state index is 0.0169. The van der Waals surface area contributed by atoms with Crippen LogP contribution in [0.5, 0.6) is 0 Å². The van der Waals surface area contributed by atoms with E-state index >= 15 is 0 Å². The van der Waals surface area contributed by atoms with Gasteiger partial charge in [-0.05, 0) is 12.8 Å². The molecule has 0 bridgehead atoms. The fourth-order valence-corrected chi connectivity index (χ4v) is 2.62. The van der Waals surface area contributed by atoms with Crippen LogP contribution in [0.4, 0.5) is 0 Å². The molecule has 14 heteroatoms. The fraction of sp³-hybridized carbons (Fsp3) is 0.833. The first-order valence-electron chi connectivity index (χ1n) is 12.8. The van der Waals surface area contributed by atoms with Crippen LogP contribution in [-0.2, 0) is 47.6 Å². The second-order valence-electron chi connectivity index (χ2n) is 7.87. The van der Waals surface area contributed by atoms with Crippen molar-refractivity contribution in [1.82, 2.24) is 10.6 Å². The van der Waals surface area contributed by atoms with Gasteiger partial charge in [0.1, 0.15) is 0 Å². The zero-order valence-corrected chi connectivity index (χ0v) is 22.1. The quantitative estimate of drug-likeness (QED) is 0.0898. The molecule has 0 spiro atoms. The third-order valence-corrected chi connectivity index (χ3v) is 4.57. The molecule has 14 nitrogen and oxygen atoms in total. The molecule has 0 unspecified atom stereocenters. The maximum Gasteiger partial charge on any atom is 0.303 e. The van der Waals surface area contributed by atoms with Crippen LogP contribution < -0.4 is 10.6 Å². The summed E-state index contributed by atoms with van der Waals surface area (Å²) >= 11 is 0. The Balaban J connectivity index is 3.14. The molecule has 0 aliphatic heterocycles. The van der Waals surface area contributed by atoms with E-state index < -0.39 is 11.9 Å². The van der Waals surface area contributed by atoms with E-state index in [1.165, 1.54) is 0 Å². The number of carbonyl (C=O) groups is 4. The van der Waals surface area contributed by atoms with Crippen molar-refractivity contribution >= 4 is 23.8 Å². The van der Waals surface area contributed by atoms with Crippen LogP contribution in [0.15, 0.2) is 0 Å². The van der Waals surface area contributed by atoms with Crippen molar-refractivity contribution < 1.29 is 57.8 Å². The summed E-state index contributed by atoms with van der Waals surface area (Å²) in [6.07, 6.45) is 0.911. The van der Waals surface area contributed by atoms with Crippen LogP contribution in [0.2, 0.25) is 0 Å². The summed E-state index contributed by atoms with van der Waals surface area (Å²) in [7, 11) is 0. The third-order valence-electron chi connectivity index (χ3n) is 4.57. The molecule has 0 saturated carbocycles. The van der Waals surface area contributed by atoms with E-state index in [0.717, 1.165) is 0 Å². The highest BCUT2D eigenvalue weighted by molar-refractivity contribution is 5.81. The van der Waals surface area contributed by atoms with Gasteiger partial charge < -0.3 is 49.3 Å². The molecule has 0 heterocycles. The highest BCUT2D eigenvalue weighted by Gasteiger charge is 2.05. The van der Waals surface area contributed by atoms with Gasteiger partial charge in [0.25, 0.3) is 0 Å². The van der Waals surface area contributed by atoms with E-state index in [-0.39, 0.29) is 37.5 Å². The highest BCUT2D eigenvalue weighted by atomic mass is 16.6. The number of hydrogen-bond donors (Lipinski definition) is 4. The van der Waals surface area contributed by atoms with E-state index in [2.05, 4.69) is 10.6 Å². The lowest BCUT2D eigenvalue weighted by Gasteiger charge is -2.08. The smallest absolute Gasteiger partial charge is 0.303 e.